The summed E-state index contributed by atoms with van der Waals surface area (Å²) < 4.78 is 17.4. The average Bonchev–Trinajstić information content (AvgIpc) is 3.27. The average molecular weight is 861 g/mol. The molecule has 0 aromatic carbocycles. The zero-order valence-electron chi connectivity index (χ0n) is 40.6. The summed E-state index contributed by atoms with van der Waals surface area (Å²) in [5.41, 5.74) is 0. The van der Waals surface area contributed by atoms with E-state index in [9.17, 15) is 9.59 Å². The van der Waals surface area contributed by atoms with Crippen molar-refractivity contribution in [2.75, 3.05) is 19.8 Å². The monoisotopic (exact) mass is 861 g/mol. The molecule has 5 heteroatoms. The molecule has 0 rings (SSSR count). The SMILES string of the molecule is CC/C=C\C/C=C\C/C=C\CCCCCCCCCCOCC(COC(=O)CCCCCCC/C=C\C/C=C\CCCCC)OC(=O)CCCCC/C=C\C/C=C\C/C=C\CC. The van der Waals surface area contributed by atoms with Crippen LogP contribution in [0.1, 0.15) is 226 Å². The minimum absolute atomic E-state index is 0.0583. The molecule has 0 radical (unpaired) electrons. The fraction of sp³-hybridized carbons (Fsp3) is 0.684. The van der Waals surface area contributed by atoms with Crippen LogP contribution in [0.4, 0.5) is 0 Å². The van der Waals surface area contributed by atoms with Gasteiger partial charge in [-0.15, -0.1) is 0 Å². The topological polar surface area (TPSA) is 61.8 Å². The van der Waals surface area contributed by atoms with E-state index in [0.717, 1.165) is 109 Å². The van der Waals surface area contributed by atoms with E-state index in [0.29, 0.717) is 19.4 Å². The highest BCUT2D eigenvalue weighted by Gasteiger charge is 2.17. The zero-order chi connectivity index (χ0) is 44.9. The summed E-state index contributed by atoms with van der Waals surface area (Å²) in [6.07, 6.45) is 69.9. The second-order valence-corrected chi connectivity index (χ2v) is 16.7. The standard InChI is InChI=1S/C57H96O5/c1-4-7-10-13-16-19-22-25-27-28-29-31-34-37-40-43-46-49-52-60-53-55(62-57(59)51-48-45-42-39-36-32-24-21-18-15-12-9-6-3)54-61-56(58)50-47-44-41-38-35-33-30-26-23-20-17-14-11-8-5-2/h7,9-10,12,16-21,25-27,30,32,36,55H,4-6,8,11,13-15,22-24,28-29,31,33-35,37-54H2,1-3H3/b10-7-,12-9-,19-16-,20-17-,21-18-,27-25-,30-26-,36-32-. The Morgan fingerprint density at radius 2 is 0.726 bits per heavy atom. The Morgan fingerprint density at radius 1 is 0.371 bits per heavy atom. The van der Waals surface area contributed by atoms with Gasteiger partial charge in [-0.2, -0.15) is 0 Å². The minimum atomic E-state index is -0.566. The van der Waals surface area contributed by atoms with Crippen LogP contribution < -0.4 is 0 Å². The largest absolute Gasteiger partial charge is 0.462 e. The van der Waals surface area contributed by atoms with E-state index in [-0.39, 0.29) is 25.2 Å². The van der Waals surface area contributed by atoms with Crippen LogP contribution in [0.15, 0.2) is 97.2 Å². The molecule has 0 aromatic heterocycles. The lowest BCUT2D eigenvalue weighted by Gasteiger charge is -2.18. The van der Waals surface area contributed by atoms with Crippen molar-refractivity contribution in [3.05, 3.63) is 97.2 Å². The number of carbonyl (C=O) groups is 2. The van der Waals surface area contributed by atoms with Crippen molar-refractivity contribution in [2.45, 2.75) is 232 Å². The highest BCUT2D eigenvalue weighted by Crippen LogP contribution is 2.13. The second kappa shape index (κ2) is 52.2. The Labute approximate surface area is 383 Å². The highest BCUT2D eigenvalue weighted by atomic mass is 16.6. The van der Waals surface area contributed by atoms with Crippen LogP contribution in [0.2, 0.25) is 0 Å². The van der Waals surface area contributed by atoms with E-state index in [1.165, 1.54) is 83.5 Å². The van der Waals surface area contributed by atoms with E-state index in [2.05, 4.69) is 118 Å². The fourth-order valence-electron chi connectivity index (χ4n) is 6.80. The van der Waals surface area contributed by atoms with Gasteiger partial charge in [0.05, 0.1) is 6.61 Å². The molecule has 1 unspecified atom stereocenters. The second-order valence-electron chi connectivity index (χ2n) is 16.7. The van der Waals surface area contributed by atoms with E-state index < -0.39 is 6.10 Å². The van der Waals surface area contributed by atoms with Gasteiger partial charge in [-0.3, -0.25) is 9.59 Å². The molecular formula is C57H96O5. The first-order valence-electron chi connectivity index (χ1n) is 25.8. The molecule has 0 amide bonds. The summed E-state index contributed by atoms with van der Waals surface area (Å²) in [6, 6.07) is 0. The summed E-state index contributed by atoms with van der Waals surface area (Å²) in [4.78, 5) is 25.4. The Hall–Kier alpha value is -3.18. The lowest BCUT2D eigenvalue weighted by atomic mass is 10.1. The first kappa shape index (κ1) is 58.8. The van der Waals surface area contributed by atoms with Crippen molar-refractivity contribution in [3.63, 3.8) is 0 Å². The van der Waals surface area contributed by atoms with E-state index in [4.69, 9.17) is 14.2 Å². The minimum Gasteiger partial charge on any atom is -0.462 e. The molecule has 0 aliphatic rings. The zero-order valence-corrected chi connectivity index (χ0v) is 40.6. The van der Waals surface area contributed by atoms with Gasteiger partial charge in [0.25, 0.3) is 0 Å². The molecule has 0 saturated heterocycles. The van der Waals surface area contributed by atoms with Gasteiger partial charge in [-0.05, 0) is 116 Å². The molecule has 5 nitrogen and oxygen atoms in total. The van der Waals surface area contributed by atoms with Crippen LogP contribution >= 0.6 is 0 Å². The third-order valence-electron chi connectivity index (χ3n) is 10.6. The number of hydrogen-bond donors (Lipinski definition) is 0. The van der Waals surface area contributed by atoms with Crippen LogP contribution in [-0.2, 0) is 23.8 Å². The molecule has 62 heavy (non-hydrogen) atoms. The number of rotatable bonds is 46. The van der Waals surface area contributed by atoms with Crippen molar-refractivity contribution in [2.24, 2.45) is 0 Å². The van der Waals surface area contributed by atoms with Crippen LogP contribution in [0.25, 0.3) is 0 Å². The first-order valence-corrected chi connectivity index (χ1v) is 25.8. The van der Waals surface area contributed by atoms with Gasteiger partial charge in [0, 0.05) is 19.4 Å². The van der Waals surface area contributed by atoms with E-state index in [1.54, 1.807) is 0 Å². The predicted molar refractivity (Wildman–Crippen MR) is 270 cm³/mol. The molecule has 0 heterocycles. The Kier molecular flexibility index (Phi) is 49.5. The number of unbranched alkanes of at least 4 members (excludes halogenated alkanes) is 19. The molecule has 354 valence electrons. The lowest BCUT2D eigenvalue weighted by Crippen LogP contribution is -2.30. The molecule has 0 N–H and O–H groups in total. The van der Waals surface area contributed by atoms with Gasteiger partial charge < -0.3 is 14.2 Å². The number of ether oxygens (including phenoxy) is 3. The van der Waals surface area contributed by atoms with Gasteiger partial charge in [-0.25, -0.2) is 0 Å². The number of esters is 2. The molecule has 1 atom stereocenters. The van der Waals surface area contributed by atoms with E-state index >= 15 is 0 Å². The molecule has 0 aliphatic heterocycles. The third-order valence-corrected chi connectivity index (χ3v) is 10.6. The molecule has 0 aromatic rings. The quantitative estimate of drug-likeness (QED) is 0.0347. The smallest absolute Gasteiger partial charge is 0.306 e. The lowest BCUT2D eigenvalue weighted by molar-refractivity contribution is -0.163. The maximum Gasteiger partial charge on any atom is 0.306 e. The number of carbonyl (C=O) groups excluding carboxylic acids is 2. The van der Waals surface area contributed by atoms with Gasteiger partial charge in [0.2, 0.25) is 0 Å². The molecule has 0 spiro atoms. The molecular weight excluding hydrogens is 765 g/mol. The highest BCUT2D eigenvalue weighted by molar-refractivity contribution is 5.70. The molecule has 0 saturated carbocycles. The van der Waals surface area contributed by atoms with Crippen LogP contribution in [0.5, 0.6) is 0 Å². The summed E-state index contributed by atoms with van der Waals surface area (Å²) in [5.74, 6) is -0.454. The Balaban J connectivity index is 4.34. The van der Waals surface area contributed by atoms with Crippen LogP contribution in [-0.4, -0.2) is 37.9 Å². The van der Waals surface area contributed by atoms with Crippen molar-refractivity contribution >= 4 is 11.9 Å². The van der Waals surface area contributed by atoms with Gasteiger partial charge in [-0.1, -0.05) is 195 Å². The van der Waals surface area contributed by atoms with Crippen molar-refractivity contribution < 1.29 is 23.8 Å². The molecule has 0 fully saturated rings. The van der Waals surface area contributed by atoms with Crippen LogP contribution in [0, 0.1) is 0 Å². The summed E-state index contributed by atoms with van der Waals surface area (Å²) in [6.45, 7) is 7.51. The van der Waals surface area contributed by atoms with Crippen molar-refractivity contribution in [1.29, 1.82) is 0 Å². The summed E-state index contributed by atoms with van der Waals surface area (Å²) in [7, 11) is 0. The maximum atomic E-state index is 12.8. The summed E-state index contributed by atoms with van der Waals surface area (Å²) in [5, 5.41) is 0. The number of allylic oxidation sites excluding steroid dienone is 16. The molecule has 0 aliphatic carbocycles. The summed E-state index contributed by atoms with van der Waals surface area (Å²) >= 11 is 0. The Morgan fingerprint density at radius 3 is 1.18 bits per heavy atom. The Bertz CT molecular complexity index is 1200. The van der Waals surface area contributed by atoms with E-state index in [1.807, 2.05) is 0 Å². The number of hydrogen-bond acceptors (Lipinski definition) is 5. The normalized spacial score (nSPS) is 13.0. The predicted octanol–water partition coefficient (Wildman–Crippen LogP) is 17.5. The van der Waals surface area contributed by atoms with Gasteiger partial charge in [0.1, 0.15) is 6.61 Å². The van der Waals surface area contributed by atoms with Crippen molar-refractivity contribution in [1.82, 2.24) is 0 Å². The molecule has 0 bridgehead atoms. The van der Waals surface area contributed by atoms with Gasteiger partial charge in [0.15, 0.2) is 6.10 Å². The van der Waals surface area contributed by atoms with Crippen LogP contribution in [0.3, 0.4) is 0 Å². The van der Waals surface area contributed by atoms with Gasteiger partial charge >= 0.3 is 11.9 Å². The maximum absolute atomic E-state index is 12.8. The third kappa shape index (κ3) is 49.5. The first-order chi connectivity index (χ1) is 30.6. The van der Waals surface area contributed by atoms with Crippen molar-refractivity contribution in [3.8, 4) is 0 Å². The fourth-order valence-corrected chi connectivity index (χ4v) is 6.80.